The quantitative estimate of drug-likeness (QED) is 0.423. The van der Waals surface area contributed by atoms with Crippen LogP contribution in [0.15, 0.2) is 0 Å². The molecule has 0 spiro atoms. The first-order valence-corrected chi connectivity index (χ1v) is 2.54. The average molecular weight is 133 g/mol. The summed E-state index contributed by atoms with van der Waals surface area (Å²) in [6.07, 6.45) is -1.27. The Morgan fingerprint density at radius 3 is 2.22 bits per heavy atom. The number of hydrogen-bond donors (Lipinski definition) is 3. The third-order valence-corrected chi connectivity index (χ3v) is 0.924. The van der Waals surface area contributed by atoms with Crippen LogP contribution in [0.25, 0.3) is 0 Å². The molecule has 0 heterocycles. The summed E-state index contributed by atoms with van der Waals surface area (Å²) in [5, 5.41) is 25.4. The SMILES string of the molecule is O=[C]CC(O)C(O)CO. The fraction of sp³-hybridized carbons (Fsp3) is 0.800. The van der Waals surface area contributed by atoms with Gasteiger partial charge >= 0.3 is 0 Å². The molecular weight excluding hydrogens is 124 g/mol. The van der Waals surface area contributed by atoms with Gasteiger partial charge in [0.15, 0.2) is 0 Å². The summed E-state index contributed by atoms with van der Waals surface area (Å²) in [5.74, 6) is 0. The summed E-state index contributed by atoms with van der Waals surface area (Å²) in [6.45, 7) is -0.539. The molecule has 1 radical (unpaired) electrons. The summed E-state index contributed by atoms with van der Waals surface area (Å²) < 4.78 is 0. The first-order chi connectivity index (χ1) is 4.22. The molecule has 2 unspecified atom stereocenters. The number of rotatable bonds is 4. The molecule has 2 atom stereocenters. The van der Waals surface area contributed by atoms with Crippen molar-refractivity contribution in [2.75, 3.05) is 6.61 Å². The van der Waals surface area contributed by atoms with Gasteiger partial charge in [-0.3, -0.25) is 4.79 Å². The topological polar surface area (TPSA) is 77.8 Å². The fourth-order valence-electron chi connectivity index (χ4n) is 0.343. The Bertz CT molecular complexity index is 83.0. The van der Waals surface area contributed by atoms with Crippen molar-refractivity contribution in [1.82, 2.24) is 0 Å². The molecule has 0 aromatic rings. The fourth-order valence-corrected chi connectivity index (χ4v) is 0.343. The Balaban J connectivity index is 3.44. The molecule has 0 saturated carbocycles. The third-order valence-electron chi connectivity index (χ3n) is 0.924. The maximum Gasteiger partial charge on any atom is 0.201 e. The molecule has 0 aromatic heterocycles. The lowest BCUT2D eigenvalue weighted by Crippen LogP contribution is -2.29. The van der Waals surface area contributed by atoms with Crippen molar-refractivity contribution in [3.63, 3.8) is 0 Å². The minimum absolute atomic E-state index is 0.262. The van der Waals surface area contributed by atoms with Crippen molar-refractivity contribution in [3.05, 3.63) is 0 Å². The highest BCUT2D eigenvalue weighted by atomic mass is 16.4. The van der Waals surface area contributed by atoms with Crippen LogP contribution in [0.2, 0.25) is 0 Å². The lowest BCUT2D eigenvalue weighted by atomic mass is 10.2. The first kappa shape index (κ1) is 8.55. The van der Waals surface area contributed by atoms with Crippen molar-refractivity contribution in [2.24, 2.45) is 0 Å². The standard InChI is InChI=1S/C5H9O4/c6-2-1-4(8)5(9)3-7/h4-5,7-9H,1,3H2. The van der Waals surface area contributed by atoms with Crippen LogP contribution >= 0.6 is 0 Å². The molecule has 0 saturated heterocycles. The van der Waals surface area contributed by atoms with E-state index < -0.39 is 18.8 Å². The van der Waals surface area contributed by atoms with Gasteiger partial charge in [0.1, 0.15) is 6.10 Å². The molecule has 4 nitrogen and oxygen atoms in total. The zero-order valence-electron chi connectivity index (χ0n) is 4.82. The van der Waals surface area contributed by atoms with Crippen LogP contribution in [0, 0.1) is 0 Å². The largest absolute Gasteiger partial charge is 0.394 e. The maximum absolute atomic E-state index is 9.56. The van der Waals surface area contributed by atoms with Crippen molar-refractivity contribution < 1.29 is 20.1 Å². The van der Waals surface area contributed by atoms with Crippen LogP contribution in [0.5, 0.6) is 0 Å². The van der Waals surface area contributed by atoms with E-state index in [0.29, 0.717) is 0 Å². The van der Waals surface area contributed by atoms with Gasteiger partial charge in [0, 0.05) is 6.42 Å². The molecular formula is C5H9O4. The summed E-state index contributed by atoms with van der Waals surface area (Å²) in [7, 11) is 0. The van der Waals surface area contributed by atoms with Gasteiger partial charge in [-0.1, -0.05) is 0 Å². The number of carbonyl (C=O) groups excluding carboxylic acids is 1. The first-order valence-electron chi connectivity index (χ1n) is 2.54. The average Bonchev–Trinajstić information content (AvgIpc) is 1.87. The minimum atomic E-state index is -1.23. The predicted molar refractivity (Wildman–Crippen MR) is 29.4 cm³/mol. The van der Waals surface area contributed by atoms with E-state index in [1.807, 2.05) is 0 Å². The van der Waals surface area contributed by atoms with E-state index >= 15 is 0 Å². The highest BCUT2D eigenvalue weighted by Crippen LogP contribution is 1.94. The molecule has 53 valence electrons. The van der Waals surface area contributed by atoms with E-state index in [1.165, 1.54) is 6.29 Å². The van der Waals surface area contributed by atoms with Gasteiger partial charge in [0.05, 0.1) is 12.7 Å². The van der Waals surface area contributed by atoms with E-state index in [4.69, 9.17) is 15.3 Å². The summed E-state index contributed by atoms with van der Waals surface area (Å²) >= 11 is 0. The van der Waals surface area contributed by atoms with E-state index in [-0.39, 0.29) is 6.42 Å². The minimum Gasteiger partial charge on any atom is -0.394 e. The van der Waals surface area contributed by atoms with Crippen molar-refractivity contribution in [2.45, 2.75) is 18.6 Å². The second-order valence-electron chi connectivity index (χ2n) is 1.67. The van der Waals surface area contributed by atoms with Crippen LogP contribution < -0.4 is 0 Å². The Morgan fingerprint density at radius 1 is 1.33 bits per heavy atom. The predicted octanol–water partition coefficient (Wildman–Crippen LogP) is -1.80. The van der Waals surface area contributed by atoms with Crippen LogP contribution in [-0.2, 0) is 4.79 Å². The zero-order chi connectivity index (χ0) is 7.28. The Morgan fingerprint density at radius 2 is 1.89 bits per heavy atom. The van der Waals surface area contributed by atoms with Gasteiger partial charge in [0.2, 0.25) is 6.29 Å². The van der Waals surface area contributed by atoms with Crippen molar-refractivity contribution in [1.29, 1.82) is 0 Å². The molecule has 0 aliphatic rings. The molecule has 0 aromatic carbocycles. The second-order valence-corrected chi connectivity index (χ2v) is 1.67. The lowest BCUT2D eigenvalue weighted by molar-refractivity contribution is -0.0101. The normalized spacial score (nSPS) is 16.8. The monoisotopic (exact) mass is 133 g/mol. The van der Waals surface area contributed by atoms with Crippen LogP contribution in [-0.4, -0.2) is 40.4 Å². The highest BCUT2D eigenvalue weighted by Gasteiger charge is 2.13. The Hall–Kier alpha value is -0.450. The smallest absolute Gasteiger partial charge is 0.201 e. The van der Waals surface area contributed by atoms with E-state index in [9.17, 15) is 4.79 Å². The number of aliphatic hydroxyl groups excluding tert-OH is 3. The molecule has 0 bridgehead atoms. The molecule has 3 N–H and O–H groups in total. The van der Waals surface area contributed by atoms with E-state index in [2.05, 4.69) is 0 Å². The van der Waals surface area contributed by atoms with Gasteiger partial charge < -0.3 is 15.3 Å². The second kappa shape index (κ2) is 4.43. The number of aliphatic hydroxyl groups is 3. The van der Waals surface area contributed by atoms with Crippen LogP contribution in [0.1, 0.15) is 6.42 Å². The van der Waals surface area contributed by atoms with Gasteiger partial charge in [0.25, 0.3) is 0 Å². The molecule has 9 heavy (non-hydrogen) atoms. The zero-order valence-corrected chi connectivity index (χ0v) is 4.82. The molecule has 4 heteroatoms. The van der Waals surface area contributed by atoms with Crippen LogP contribution in [0.4, 0.5) is 0 Å². The third kappa shape index (κ3) is 3.18. The summed E-state index contributed by atoms with van der Waals surface area (Å²) in [6, 6.07) is 0. The molecule has 0 fully saturated rings. The van der Waals surface area contributed by atoms with Crippen molar-refractivity contribution >= 4 is 6.29 Å². The van der Waals surface area contributed by atoms with Gasteiger partial charge in [-0.25, -0.2) is 0 Å². The van der Waals surface area contributed by atoms with Crippen LogP contribution in [0.3, 0.4) is 0 Å². The highest BCUT2D eigenvalue weighted by molar-refractivity contribution is 5.51. The molecule has 0 rings (SSSR count). The van der Waals surface area contributed by atoms with E-state index in [0.717, 1.165) is 0 Å². The Kier molecular flexibility index (Phi) is 4.21. The van der Waals surface area contributed by atoms with Crippen molar-refractivity contribution in [3.8, 4) is 0 Å². The van der Waals surface area contributed by atoms with Gasteiger partial charge in [-0.05, 0) is 0 Å². The molecule has 0 aliphatic heterocycles. The molecule has 0 amide bonds. The maximum atomic E-state index is 9.56. The molecule has 0 aliphatic carbocycles. The summed E-state index contributed by atoms with van der Waals surface area (Å²) in [5.41, 5.74) is 0. The van der Waals surface area contributed by atoms with E-state index in [1.54, 1.807) is 0 Å². The lowest BCUT2D eigenvalue weighted by Gasteiger charge is -2.10. The van der Waals surface area contributed by atoms with Gasteiger partial charge in [-0.2, -0.15) is 0 Å². The van der Waals surface area contributed by atoms with Gasteiger partial charge in [-0.15, -0.1) is 0 Å². The number of hydrogen-bond acceptors (Lipinski definition) is 4. The summed E-state index contributed by atoms with van der Waals surface area (Å²) in [4.78, 5) is 9.56. The Labute approximate surface area is 52.7 Å².